The van der Waals surface area contributed by atoms with E-state index in [0.29, 0.717) is 18.0 Å². The van der Waals surface area contributed by atoms with Gasteiger partial charge in [-0.3, -0.25) is 29.8 Å². The maximum Gasteiger partial charge on any atom is 0.249 e. The number of hydrogen-bond donors (Lipinski definition) is 5. The maximum absolute atomic E-state index is 12.7. The number of thioether (sulfide) groups is 1. The molecule has 0 spiro atoms. The number of rotatable bonds is 6. The Morgan fingerprint density at radius 1 is 1.37 bits per heavy atom. The molecule has 0 saturated carbocycles. The summed E-state index contributed by atoms with van der Waals surface area (Å²) in [5, 5.41) is 10.7. The van der Waals surface area contributed by atoms with Crippen LogP contribution in [0, 0.1) is 0 Å². The lowest BCUT2D eigenvalue weighted by atomic mass is 10.1. The molecule has 4 amide bonds. The van der Waals surface area contributed by atoms with Gasteiger partial charge in [-0.05, 0) is 6.42 Å². The first-order valence-electron chi connectivity index (χ1n) is 8.70. The van der Waals surface area contributed by atoms with Gasteiger partial charge in [-0.1, -0.05) is 6.92 Å². The van der Waals surface area contributed by atoms with Gasteiger partial charge in [-0.15, -0.1) is 11.8 Å². The number of carbonyl (C=O) groups is 4. The minimum Gasteiger partial charge on any atom is -0.348 e. The van der Waals surface area contributed by atoms with Crippen LogP contribution >= 0.6 is 11.8 Å². The summed E-state index contributed by atoms with van der Waals surface area (Å²) in [6.07, 6.45) is 3.81. The van der Waals surface area contributed by atoms with Crippen molar-refractivity contribution < 1.29 is 19.2 Å². The van der Waals surface area contributed by atoms with Gasteiger partial charge in [0.05, 0.1) is 12.4 Å². The summed E-state index contributed by atoms with van der Waals surface area (Å²) in [7, 11) is 0. The minimum absolute atomic E-state index is 0.0483. The van der Waals surface area contributed by atoms with E-state index in [1.807, 2.05) is 6.92 Å². The van der Waals surface area contributed by atoms with Crippen molar-refractivity contribution in [3.05, 3.63) is 18.2 Å². The summed E-state index contributed by atoms with van der Waals surface area (Å²) in [5.74, 6) is -1.02. The lowest BCUT2D eigenvalue weighted by Gasteiger charge is -2.21. The van der Waals surface area contributed by atoms with Crippen LogP contribution in [0.3, 0.4) is 0 Å². The number of imide groups is 1. The molecule has 0 aromatic carbocycles. The Kier molecular flexibility index (Phi) is 6.11. The smallest absolute Gasteiger partial charge is 0.249 e. The van der Waals surface area contributed by atoms with Crippen molar-refractivity contribution >= 4 is 35.4 Å². The zero-order valence-electron chi connectivity index (χ0n) is 14.8. The monoisotopic (exact) mass is 394 g/mol. The third kappa shape index (κ3) is 4.86. The second-order valence-electron chi connectivity index (χ2n) is 6.55. The van der Waals surface area contributed by atoms with Gasteiger partial charge in [0.1, 0.15) is 12.1 Å². The van der Waals surface area contributed by atoms with E-state index < -0.39 is 35.8 Å². The Labute approximate surface area is 160 Å². The fraction of sp³-hybridized carbons (Fsp3) is 0.562. The lowest BCUT2D eigenvalue weighted by molar-refractivity contribution is -0.135. The van der Waals surface area contributed by atoms with E-state index in [9.17, 15) is 19.2 Å². The molecule has 5 N–H and O–H groups in total. The third-order valence-corrected chi connectivity index (χ3v) is 5.70. The highest BCUT2D eigenvalue weighted by molar-refractivity contribution is 8.00. The standard InChI is InChI=1S/C16H22N6O4S/c1-8-13(19-7-27-8)16(26)22-15(25)11(4-9-5-17-6-18-9)21-14(24)10-2-3-12(23)20-10/h5-6,8,10-11,13,19H,2-4,7H2,1H3,(H,17,18)(H,20,23)(H,21,24)(H,22,25,26)/t8-,10+,11+,13+/m1/s1. The van der Waals surface area contributed by atoms with E-state index in [2.05, 4.69) is 31.2 Å². The van der Waals surface area contributed by atoms with E-state index in [4.69, 9.17) is 0 Å². The molecule has 3 rings (SSSR count). The predicted molar refractivity (Wildman–Crippen MR) is 97.4 cm³/mol. The molecule has 2 saturated heterocycles. The number of aromatic amines is 1. The molecule has 146 valence electrons. The zero-order chi connectivity index (χ0) is 19.4. The molecule has 0 radical (unpaired) electrons. The Bertz CT molecular complexity index is 725. The molecule has 11 heteroatoms. The highest BCUT2D eigenvalue weighted by Gasteiger charge is 2.34. The van der Waals surface area contributed by atoms with Gasteiger partial charge in [-0.25, -0.2) is 4.98 Å². The quantitative estimate of drug-likeness (QED) is 0.391. The lowest BCUT2D eigenvalue weighted by Crippen LogP contribution is -2.56. The maximum atomic E-state index is 12.7. The molecule has 10 nitrogen and oxygen atoms in total. The van der Waals surface area contributed by atoms with Gasteiger partial charge < -0.3 is 15.6 Å². The number of H-pyrrole nitrogens is 1. The highest BCUT2D eigenvalue weighted by Crippen LogP contribution is 2.20. The highest BCUT2D eigenvalue weighted by atomic mass is 32.2. The Morgan fingerprint density at radius 3 is 2.78 bits per heavy atom. The van der Waals surface area contributed by atoms with Gasteiger partial charge in [-0.2, -0.15) is 0 Å². The van der Waals surface area contributed by atoms with Gasteiger partial charge >= 0.3 is 0 Å². The van der Waals surface area contributed by atoms with Crippen molar-refractivity contribution in [2.75, 3.05) is 5.88 Å². The van der Waals surface area contributed by atoms with Crippen molar-refractivity contribution in [1.29, 1.82) is 0 Å². The average molecular weight is 394 g/mol. The first kappa shape index (κ1) is 19.4. The predicted octanol–water partition coefficient (Wildman–Crippen LogP) is -1.59. The molecule has 1 aromatic rings. The number of nitrogens with one attached hydrogen (secondary N) is 5. The van der Waals surface area contributed by atoms with Crippen LogP contribution < -0.4 is 21.3 Å². The molecule has 2 fully saturated rings. The number of hydrogen-bond acceptors (Lipinski definition) is 7. The van der Waals surface area contributed by atoms with Crippen LogP contribution in [0.2, 0.25) is 0 Å². The summed E-state index contributed by atoms with van der Waals surface area (Å²) in [5.41, 5.74) is 0.640. The molecule has 2 aliphatic rings. The van der Waals surface area contributed by atoms with Crippen molar-refractivity contribution in [2.24, 2.45) is 0 Å². The Balaban J connectivity index is 1.65. The van der Waals surface area contributed by atoms with E-state index in [0.717, 1.165) is 0 Å². The molecular formula is C16H22N6O4S. The largest absolute Gasteiger partial charge is 0.348 e. The summed E-state index contributed by atoms with van der Waals surface area (Å²) < 4.78 is 0. The van der Waals surface area contributed by atoms with Crippen LogP contribution in [-0.2, 0) is 25.6 Å². The molecule has 1 aromatic heterocycles. The molecule has 2 aliphatic heterocycles. The molecule has 3 heterocycles. The van der Waals surface area contributed by atoms with Crippen molar-refractivity contribution in [3.63, 3.8) is 0 Å². The molecule has 0 unspecified atom stereocenters. The first-order valence-corrected chi connectivity index (χ1v) is 9.75. The number of nitrogens with zero attached hydrogens (tertiary/aromatic N) is 1. The molecule has 4 atom stereocenters. The summed E-state index contributed by atoms with van der Waals surface area (Å²) in [4.78, 5) is 55.5. The number of carbonyl (C=O) groups excluding carboxylic acids is 4. The number of aromatic nitrogens is 2. The van der Waals surface area contributed by atoms with Gasteiger partial charge in [0, 0.05) is 35.9 Å². The Hall–Kier alpha value is -2.40. The zero-order valence-corrected chi connectivity index (χ0v) is 15.6. The fourth-order valence-corrected chi connectivity index (χ4v) is 3.98. The topological polar surface area (TPSA) is 145 Å². The summed E-state index contributed by atoms with van der Waals surface area (Å²) in [6.45, 7) is 1.91. The van der Waals surface area contributed by atoms with Crippen LogP contribution in [-0.4, -0.2) is 62.8 Å². The second-order valence-corrected chi connectivity index (χ2v) is 7.92. The number of amides is 4. The second kappa shape index (κ2) is 8.53. The number of imidazole rings is 1. The van der Waals surface area contributed by atoms with E-state index in [1.54, 1.807) is 18.0 Å². The van der Waals surface area contributed by atoms with Crippen LogP contribution in [0.4, 0.5) is 0 Å². The molecule has 0 bridgehead atoms. The molecule has 0 aliphatic carbocycles. The first-order chi connectivity index (χ1) is 12.9. The van der Waals surface area contributed by atoms with Crippen molar-refractivity contribution in [2.45, 2.75) is 49.6 Å². The average Bonchev–Trinajstić information content (AvgIpc) is 3.36. The molecular weight excluding hydrogens is 372 g/mol. The van der Waals surface area contributed by atoms with Gasteiger partial charge in [0.2, 0.25) is 23.6 Å². The Morgan fingerprint density at radius 2 is 2.19 bits per heavy atom. The summed E-state index contributed by atoms with van der Waals surface area (Å²) in [6, 6.07) is -2.10. The van der Waals surface area contributed by atoms with Crippen LogP contribution in [0.15, 0.2) is 12.5 Å². The third-order valence-electron chi connectivity index (χ3n) is 4.57. The van der Waals surface area contributed by atoms with E-state index in [-0.39, 0.29) is 24.0 Å². The molecule has 27 heavy (non-hydrogen) atoms. The van der Waals surface area contributed by atoms with E-state index >= 15 is 0 Å². The summed E-state index contributed by atoms with van der Waals surface area (Å²) >= 11 is 1.59. The van der Waals surface area contributed by atoms with E-state index in [1.165, 1.54) is 6.33 Å². The van der Waals surface area contributed by atoms with Gasteiger partial charge in [0.15, 0.2) is 0 Å². The minimum atomic E-state index is -0.969. The van der Waals surface area contributed by atoms with Crippen molar-refractivity contribution in [1.82, 2.24) is 31.2 Å². The normalized spacial score (nSPS) is 25.7. The fourth-order valence-electron chi connectivity index (χ4n) is 3.03. The van der Waals surface area contributed by atoms with Crippen molar-refractivity contribution in [3.8, 4) is 0 Å². The van der Waals surface area contributed by atoms with Gasteiger partial charge in [0.25, 0.3) is 0 Å². The van der Waals surface area contributed by atoms with Crippen LogP contribution in [0.1, 0.15) is 25.5 Å². The van der Waals surface area contributed by atoms with Crippen LogP contribution in [0.25, 0.3) is 0 Å². The van der Waals surface area contributed by atoms with Crippen LogP contribution in [0.5, 0.6) is 0 Å². The SMILES string of the molecule is C[C@H]1SCN[C@@H]1C(=O)NC(=O)[C@H](Cc1cnc[nH]1)NC(=O)[C@@H]1CCC(=O)N1.